The Bertz CT molecular complexity index is 634. The van der Waals surface area contributed by atoms with E-state index in [9.17, 15) is 4.79 Å². The fourth-order valence-electron chi connectivity index (χ4n) is 1.51. The second-order valence-corrected chi connectivity index (χ2v) is 7.24. The highest BCUT2D eigenvalue weighted by molar-refractivity contribution is 8.00. The maximum absolute atomic E-state index is 11.5. The molecular weight excluding hydrogens is 349 g/mol. The molecule has 1 amide bonds. The molecule has 0 atom stereocenters. The van der Waals surface area contributed by atoms with Gasteiger partial charge in [0.25, 0.3) is 0 Å². The number of carbonyl (C=O) groups excluding carboxylic acids is 1. The number of amides is 1. The molecule has 2 aromatic rings. The number of thioether (sulfide) groups is 1. The summed E-state index contributed by atoms with van der Waals surface area (Å²) in [6.07, 6.45) is 1.30. The van der Waals surface area contributed by atoms with E-state index in [-0.39, 0.29) is 5.91 Å². The van der Waals surface area contributed by atoms with Crippen LogP contribution in [0.25, 0.3) is 0 Å². The predicted octanol–water partition coefficient (Wildman–Crippen LogP) is 4.88. The Labute approximate surface area is 141 Å². The first kappa shape index (κ1) is 16.5. The number of hydrogen-bond donors (Lipinski definition) is 1. The molecule has 0 aliphatic heterocycles. The van der Waals surface area contributed by atoms with Crippen LogP contribution < -0.4 is 5.32 Å². The van der Waals surface area contributed by atoms with Gasteiger partial charge in [0.1, 0.15) is 0 Å². The van der Waals surface area contributed by atoms with Crippen LogP contribution in [0.3, 0.4) is 0 Å². The Morgan fingerprint density at radius 1 is 1.38 bits per heavy atom. The molecule has 0 spiro atoms. The predicted molar refractivity (Wildman–Crippen MR) is 89.5 cm³/mol. The number of nitrogens with zero attached hydrogens (tertiary/aromatic N) is 2. The van der Waals surface area contributed by atoms with Crippen molar-refractivity contribution in [2.45, 2.75) is 29.9 Å². The second-order valence-electron chi connectivity index (χ2n) is 4.20. The monoisotopic (exact) mass is 361 g/mol. The summed E-state index contributed by atoms with van der Waals surface area (Å²) in [6, 6.07) is 5.41. The van der Waals surface area contributed by atoms with E-state index in [0.29, 0.717) is 27.4 Å². The van der Waals surface area contributed by atoms with Gasteiger partial charge in [-0.25, -0.2) is 0 Å². The molecule has 112 valence electrons. The molecule has 0 unspecified atom stereocenters. The molecule has 1 aromatic heterocycles. The topological polar surface area (TPSA) is 54.9 Å². The largest absolute Gasteiger partial charge is 0.301 e. The fourth-order valence-corrected chi connectivity index (χ4v) is 3.83. The normalized spacial score (nSPS) is 10.6. The van der Waals surface area contributed by atoms with E-state index in [1.807, 2.05) is 13.0 Å². The Morgan fingerprint density at radius 2 is 2.19 bits per heavy atom. The zero-order valence-electron chi connectivity index (χ0n) is 11.2. The number of benzene rings is 1. The molecule has 2 rings (SSSR count). The maximum Gasteiger partial charge on any atom is 0.226 e. The second kappa shape index (κ2) is 7.98. The Kier molecular flexibility index (Phi) is 6.29. The highest BCUT2D eigenvalue weighted by atomic mass is 35.5. The number of rotatable bonds is 6. The minimum absolute atomic E-state index is 0.0362. The van der Waals surface area contributed by atoms with E-state index in [0.717, 1.165) is 16.3 Å². The van der Waals surface area contributed by atoms with Gasteiger partial charge in [0.05, 0.1) is 0 Å². The molecule has 8 heteroatoms. The van der Waals surface area contributed by atoms with Crippen LogP contribution in [-0.4, -0.2) is 16.1 Å². The number of carbonyl (C=O) groups is 1. The number of halogens is 2. The standard InChI is InChI=1S/C13H13Cl2N3OS2/c1-2-3-11(19)16-12-17-18-13(21-12)20-7-8-4-5-9(14)6-10(8)15/h4-6H,2-3,7H2,1H3,(H,16,17,19). The lowest BCUT2D eigenvalue weighted by Gasteiger charge is -2.02. The zero-order chi connectivity index (χ0) is 15.2. The number of anilines is 1. The van der Waals surface area contributed by atoms with Crippen LogP contribution in [0.1, 0.15) is 25.3 Å². The molecule has 0 fully saturated rings. The van der Waals surface area contributed by atoms with Crippen LogP contribution in [-0.2, 0) is 10.5 Å². The van der Waals surface area contributed by atoms with Gasteiger partial charge in [-0.3, -0.25) is 4.79 Å². The van der Waals surface area contributed by atoms with E-state index >= 15 is 0 Å². The average Bonchev–Trinajstić information content (AvgIpc) is 2.85. The first-order chi connectivity index (χ1) is 10.1. The van der Waals surface area contributed by atoms with Crippen molar-refractivity contribution in [3.63, 3.8) is 0 Å². The molecule has 0 saturated carbocycles. The minimum atomic E-state index is -0.0362. The lowest BCUT2D eigenvalue weighted by atomic mass is 10.2. The molecule has 4 nitrogen and oxygen atoms in total. The van der Waals surface area contributed by atoms with Gasteiger partial charge in [-0.05, 0) is 24.1 Å². The van der Waals surface area contributed by atoms with Crippen molar-refractivity contribution in [1.82, 2.24) is 10.2 Å². The molecule has 0 radical (unpaired) electrons. The van der Waals surface area contributed by atoms with Gasteiger partial charge in [-0.15, -0.1) is 10.2 Å². The third-order valence-corrected chi connectivity index (χ3v) is 5.10. The van der Waals surface area contributed by atoms with E-state index in [4.69, 9.17) is 23.2 Å². The van der Waals surface area contributed by atoms with Gasteiger partial charge in [0.15, 0.2) is 4.34 Å². The van der Waals surface area contributed by atoms with E-state index in [1.54, 1.807) is 12.1 Å². The first-order valence-electron chi connectivity index (χ1n) is 6.28. The Balaban J connectivity index is 1.92. The van der Waals surface area contributed by atoms with Crippen molar-refractivity contribution in [3.05, 3.63) is 33.8 Å². The molecule has 21 heavy (non-hydrogen) atoms. The highest BCUT2D eigenvalue weighted by Gasteiger charge is 2.09. The van der Waals surface area contributed by atoms with Crippen LogP contribution in [0.15, 0.2) is 22.5 Å². The molecule has 0 saturated heterocycles. The molecule has 1 heterocycles. The van der Waals surface area contributed by atoms with Crippen LogP contribution in [0.4, 0.5) is 5.13 Å². The van der Waals surface area contributed by atoms with Crippen molar-refractivity contribution in [1.29, 1.82) is 0 Å². The number of nitrogens with one attached hydrogen (secondary N) is 1. The van der Waals surface area contributed by atoms with Gasteiger partial charge in [0, 0.05) is 22.2 Å². The molecule has 1 N–H and O–H groups in total. The van der Waals surface area contributed by atoms with E-state index in [2.05, 4.69) is 15.5 Å². The molecular formula is C13H13Cl2N3OS2. The summed E-state index contributed by atoms with van der Waals surface area (Å²) >= 11 is 14.9. The number of hydrogen-bond acceptors (Lipinski definition) is 5. The van der Waals surface area contributed by atoms with Gasteiger partial charge in [0.2, 0.25) is 11.0 Å². The minimum Gasteiger partial charge on any atom is -0.301 e. The van der Waals surface area contributed by atoms with Gasteiger partial charge >= 0.3 is 0 Å². The molecule has 0 aliphatic carbocycles. The number of aromatic nitrogens is 2. The van der Waals surface area contributed by atoms with Crippen LogP contribution >= 0.6 is 46.3 Å². The fraction of sp³-hybridized carbons (Fsp3) is 0.308. The lowest BCUT2D eigenvalue weighted by molar-refractivity contribution is -0.116. The van der Waals surface area contributed by atoms with Crippen LogP contribution in [0, 0.1) is 0 Å². The Hall–Kier alpha value is -0.820. The summed E-state index contributed by atoms with van der Waals surface area (Å²) in [7, 11) is 0. The summed E-state index contributed by atoms with van der Waals surface area (Å²) in [4.78, 5) is 11.5. The zero-order valence-corrected chi connectivity index (χ0v) is 14.4. The third kappa shape index (κ3) is 5.14. The van der Waals surface area contributed by atoms with Crippen LogP contribution in [0.5, 0.6) is 0 Å². The van der Waals surface area contributed by atoms with Gasteiger partial charge in [-0.2, -0.15) is 0 Å². The summed E-state index contributed by atoms with van der Waals surface area (Å²) in [5, 5.41) is 12.5. The van der Waals surface area contributed by atoms with Crippen molar-refractivity contribution in [2.75, 3.05) is 5.32 Å². The van der Waals surface area contributed by atoms with Gasteiger partial charge in [-0.1, -0.05) is 59.3 Å². The third-order valence-electron chi connectivity index (χ3n) is 2.50. The lowest BCUT2D eigenvalue weighted by Crippen LogP contribution is -2.10. The summed E-state index contributed by atoms with van der Waals surface area (Å²) in [5.41, 5.74) is 0.984. The van der Waals surface area contributed by atoms with Crippen molar-refractivity contribution >= 4 is 57.3 Å². The van der Waals surface area contributed by atoms with E-state index < -0.39 is 0 Å². The van der Waals surface area contributed by atoms with Gasteiger partial charge < -0.3 is 5.32 Å². The smallest absolute Gasteiger partial charge is 0.226 e. The maximum atomic E-state index is 11.5. The molecule has 0 bridgehead atoms. The summed E-state index contributed by atoms with van der Waals surface area (Å²) in [6.45, 7) is 1.96. The van der Waals surface area contributed by atoms with E-state index in [1.165, 1.54) is 23.1 Å². The van der Waals surface area contributed by atoms with Crippen molar-refractivity contribution in [3.8, 4) is 0 Å². The summed E-state index contributed by atoms with van der Waals surface area (Å²) in [5.74, 6) is 0.638. The van der Waals surface area contributed by atoms with Crippen molar-refractivity contribution < 1.29 is 4.79 Å². The van der Waals surface area contributed by atoms with Crippen LogP contribution in [0.2, 0.25) is 10.0 Å². The van der Waals surface area contributed by atoms with Crippen molar-refractivity contribution in [2.24, 2.45) is 0 Å². The highest BCUT2D eigenvalue weighted by Crippen LogP contribution is 2.31. The average molecular weight is 362 g/mol. The first-order valence-corrected chi connectivity index (χ1v) is 8.84. The SMILES string of the molecule is CCCC(=O)Nc1nnc(SCc2ccc(Cl)cc2Cl)s1. The molecule has 1 aromatic carbocycles. The summed E-state index contributed by atoms with van der Waals surface area (Å²) < 4.78 is 0.785. The molecule has 0 aliphatic rings. The Morgan fingerprint density at radius 3 is 2.90 bits per heavy atom. The quantitative estimate of drug-likeness (QED) is 0.588.